The third-order valence-electron chi connectivity index (χ3n) is 0. The SMILES string of the molecule is [C]=O.[C]=O.[C]=O.[Cr+3].[H-].[H-].[H-]. The van der Waals surface area contributed by atoms with Gasteiger partial charge in [0.05, 0.1) is 0 Å². The molecule has 0 aliphatic carbocycles. The van der Waals surface area contributed by atoms with E-state index in [0.717, 1.165) is 0 Å². The van der Waals surface area contributed by atoms with Crippen molar-refractivity contribution in [3.63, 3.8) is 0 Å². The predicted octanol–water partition coefficient (Wildman–Crippen LogP) is -0.856. The molecule has 0 aliphatic heterocycles. The van der Waals surface area contributed by atoms with Gasteiger partial charge in [0.15, 0.2) is 0 Å². The fourth-order valence-electron chi connectivity index (χ4n) is 0. The Morgan fingerprint density at radius 1 is 0.714 bits per heavy atom. The van der Waals surface area contributed by atoms with E-state index in [-0.39, 0.29) is 21.6 Å². The molecule has 0 spiro atoms. The standard InChI is InChI=1S/3CO.Cr.3H/c3*1-2;;;;/q;;;+3;3*-1. The van der Waals surface area contributed by atoms with E-state index in [1.165, 1.54) is 0 Å². The van der Waals surface area contributed by atoms with Crippen molar-refractivity contribution in [2.45, 2.75) is 0 Å². The van der Waals surface area contributed by atoms with E-state index in [4.69, 9.17) is 14.4 Å². The van der Waals surface area contributed by atoms with Gasteiger partial charge in [0.1, 0.15) is 0 Å². The molecule has 3 nitrogen and oxygen atoms in total. The summed E-state index contributed by atoms with van der Waals surface area (Å²) in [5.74, 6) is 0. The van der Waals surface area contributed by atoms with Crippen molar-refractivity contribution >= 4 is 20.4 Å². The molecule has 0 bridgehead atoms. The van der Waals surface area contributed by atoms with Crippen LogP contribution < -0.4 is 0 Å². The number of hydrogen-bond donors (Lipinski definition) is 0. The fraction of sp³-hybridized carbons (Fsp3) is 0. The van der Waals surface area contributed by atoms with E-state index in [0.29, 0.717) is 0 Å². The topological polar surface area (TPSA) is 51.2 Å². The quantitative estimate of drug-likeness (QED) is 0.439. The van der Waals surface area contributed by atoms with E-state index in [9.17, 15) is 0 Å². The van der Waals surface area contributed by atoms with Crippen LogP contribution >= 0.6 is 0 Å². The van der Waals surface area contributed by atoms with Crippen molar-refractivity contribution in [3.05, 3.63) is 0 Å². The molecule has 7 heavy (non-hydrogen) atoms. The van der Waals surface area contributed by atoms with Gasteiger partial charge in [-0.05, 0) is 0 Å². The van der Waals surface area contributed by atoms with Crippen LogP contribution in [-0.2, 0) is 31.7 Å². The van der Waals surface area contributed by atoms with Crippen molar-refractivity contribution in [1.29, 1.82) is 0 Å². The maximum absolute atomic E-state index is 7.50. The maximum atomic E-state index is 7.50. The predicted molar refractivity (Wildman–Crippen MR) is 20.4 cm³/mol. The zero-order chi connectivity index (χ0) is 6.00. The van der Waals surface area contributed by atoms with Crippen LogP contribution in [0.15, 0.2) is 0 Å². The van der Waals surface area contributed by atoms with Gasteiger partial charge < -0.3 is 4.28 Å². The van der Waals surface area contributed by atoms with Crippen LogP contribution in [0, 0.1) is 0 Å². The third-order valence-corrected chi connectivity index (χ3v) is 0. The van der Waals surface area contributed by atoms with Gasteiger partial charge in [-0.2, -0.15) is 0 Å². The molecule has 39 valence electrons. The van der Waals surface area contributed by atoms with Crippen molar-refractivity contribution in [2.75, 3.05) is 0 Å². The van der Waals surface area contributed by atoms with Crippen LogP contribution in [0.4, 0.5) is 0 Å². The van der Waals surface area contributed by atoms with Crippen molar-refractivity contribution < 1.29 is 36.0 Å². The van der Waals surface area contributed by atoms with Crippen LogP contribution in [0.5, 0.6) is 0 Å². The molecule has 0 fully saturated rings. The third kappa shape index (κ3) is 332. The molecule has 0 rings (SSSR count). The Balaban J connectivity index is -0.00000000225. The molecular weight excluding hydrogens is 136 g/mol. The number of carbonyl (C=O) groups excluding carboxylic acids is 3. The van der Waals surface area contributed by atoms with Gasteiger partial charge in [-0.15, -0.1) is 0 Å². The second-order valence-electron chi connectivity index (χ2n) is 0. The summed E-state index contributed by atoms with van der Waals surface area (Å²) in [4.78, 5) is 22.5. The van der Waals surface area contributed by atoms with Gasteiger partial charge in [0.2, 0.25) is 0 Å². The monoisotopic (exact) mass is 139 g/mol. The Bertz CT molecular complexity index is 23.7. The van der Waals surface area contributed by atoms with Gasteiger partial charge in [-0.1, -0.05) is 0 Å². The summed E-state index contributed by atoms with van der Waals surface area (Å²) in [7, 11) is 0. The summed E-state index contributed by atoms with van der Waals surface area (Å²) in [6.45, 7) is 13.5. The van der Waals surface area contributed by atoms with Gasteiger partial charge in [-0.3, -0.25) is 14.4 Å². The van der Waals surface area contributed by atoms with E-state index in [2.05, 4.69) is 20.4 Å². The van der Waals surface area contributed by atoms with Gasteiger partial charge >= 0.3 is 17.4 Å². The van der Waals surface area contributed by atoms with Crippen LogP contribution in [0.3, 0.4) is 0 Å². The summed E-state index contributed by atoms with van der Waals surface area (Å²) in [6, 6.07) is 0. The zero-order valence-electron chi connectivity index (χ0n) is 6.13. The second kappa shape index (κ2) is 546. The molecule has 4 heteroatoms. The smallest absolute Gasteiger partial charge is 1.00 e. The second-order valence-corrected chi connectivity index (χ2v) is 0. The molecule has 0 unspecified atom stereocenters. The van der Waals surface area contributed by atoms with Crippen LogP contribution in [0.25, 0.3) is 0 Å². The van der Waals surface area contributed by atoms with Crippen molar-refractivity contribution in [2.24, 2.45) is 0 Å². The van der Waals surface area contributed by atoms with Gasteiger partial charge in [-0.25, -0.2) is 0 Å². The molecular formula is C3H3CrO3. The van der Waals surface area contributed by atoms with Crippen molar-refractivity contribution in [3.8, 4) is 0 Å². The zero-order valence-corrected chi connectivity index (χ0v) is 4.41. The van der Waals surface area contributed by atoms with Crippen LogP contribution in [-0.4, -0.2) is 20.4 Å². The first-order valence-corrected chi connectivity index (χ1v) is 0.612. The number of hydrogen-bond acceptors (Lipinski definition) is 3. The molecule has 0 heterocycles. The maximum Gasteiger partial charge on any atom is 3.00 e. The van der Waals surface area contributed by atoms with Gasteiger partial charge in [0.25, 0.3) is 20.4 Å². The molecule has 0 aromatic heterocycles. The molecule has 0 aromatic carbocycles. The average Bonchev–Trinajstić information content (AvgIpc) is 1.81. The summed E-state index contributed by atoms with van der Waals surface area (Å²) in [5, 5.41) is 0. The number of rotatable bonds is 0. The Hall–Kier alpha value is -0.458. The molecule has 0 aromatic rings. The van der Waals surface area contributed by atoms with Crippen molar-refractivity contribution in [1.82, 2.24) is 0 Å². The molecule has 0 N–H and O–H groups in total. The summed E-state index contributed by atoms with van der Waals surface area (Å²) in [6.07, 6.45) is 0. The molecule has 0 amide bonds. The Labute approximate surface area is 57.3 Å². The first kappa shape index (κ1) is 31.1. The van der Waals surface area contributed by atoms with Gasteiger partial charge in [0, 0.05) is 0 Å². The van der Waals surface area contributed by atoms with E-state index in [1.54, 1.807) is 0 Å². The van der Waals surface area contributed by atoms with Crippen LogP contribution in [0.1, 0.15) is 4.28 Å². The molecule has 0 atom stereocenters. The fourth-order valence-corrected chi connectivity index (χ4v) is 0. The minimum atomic E-state index is 0. The minimum absolute atomic E-state index is 0. The van der Waals surface area contributed by atoms with E-state index >= 15 is 0 Å². The summed E-state index contributed by atoms with van der Waals surface area (Å²) >= 11 is 0. The van der Waals surface area contributed by atoms with Crippen LogP contribution in [0.2, 0.25) is 0 Å². The Morgan fingerprint density at radius 3 is 0.714 bits per heavy atom. The summed E-state index contributed by atoms with van der Waals surface area (Å²) < 4.78 is 0. The molecule has 7 radical (unpaired) electrons. The Morgan fingerprint density at radius 2 is 0.714 bits per heavy atom. The average molecular weight is 139 g/mol. The first-order chi connectivity index (χ1) is 3.00. The normalized spacial score (nSPS) is 1.71. The summed E-state index contributed by atoms with van der Waals surface area (Å²) in [5.41, 5.74) is 0. The largest absolute Gasteiger partial charge is 3.00 e. The van der Waals surface area contributed by atoms with E-state index < -0.39 is 0 Å². The first-order valence-electron chi connectivity index (χ1n) is 0.612. The Kier molecular flexibility index (Phi) is 2430. The molecule has 0 aliphatic rings. The minimum Gasteiger partial charge on any atom is -1.00 e. The molecule has 0 saturated carbocycles. The van der Waals surface area contributed by atoms with E-state index in [1.807, 2.05) is 0 Å². The molecule has 0 saturated heterocycles.